The van der Waals surface area contributed by atoms with Crippen molar-refractivity contribution in [3.8, 4) is 16.9 Å². The van der Waals surface area contributed by atoms with Crippen LogP contribution in [0.4, 0.5) is 5.69 Å². The third-order valence-corrected chi connectivity index (χ3v) is 9.17. The lowest BCUT2D eigenvalue weighted by atomic mass is 9.98. The van der Waals surface area contributed by atoms with E-state index in [1.165, 1.54) is 7.11 Å². The molecule has 0 aliphatic heterocycles. The molecule has 1 amide bonds. The van der Waals surface area contributed by atoms with Crippen LogP contribution in [0.3, 0.4) is 0 Å². The van der Waals surface area contributed by atoms with Crippen molar-refractivity contribution in [2.24, 2.45) is 7.05 Å². The minimum Gasteiger partial charge on any atom is -0.494 e. The maximum Gasteiger partial charge on any atom is 0.338 e. The Morgan fingerprint density at radius 1 is 1.00 bits per heavy atom. The van der Waals surface area contributed by atoms with E-state index in [0.717, 1.165) is 60.9 Å². The zero-order chi connectivity index (χ0) is 32.6. The SMILES string of the molecule is COC(=O)c1cccc(NC(=O)c2[nH]c3c(-c4c(C)nn(C)c4C)c(Cl)ccc3c2CCCOc2cc(C)c(Cl)c(C)c2)c1C. The van der Waals surface area contributed by atoms with Gasteiger partial charge in [0.15, 0.2) is 0 Å². The number of carbonyl (C=O) groups excluding carboxylic acids is 2. The van der Waals surface area contributed by atoms with E-state index in [2.05, 4.69) is 15.4 Å². The highest BCUT2D eigenvalue weighted by molar-refractivity contribution is 6.35. The molecule has 234 valence electrons. The zero-order valence-corrected chi connectivity index (χ0v) is 28.0. The van der Waals surface area contributed by atoms with Gasteiger partial charge in [-0.05, 0) is 100 Å². The number of carbonyl (C=O) groups is 2. The van der Waals surface area contributed by atoms with E-state index in [4.69, 9.17) is 32.7 Å². The number of aromatic nitrogens is 3. The topological polar surface area (TPSA) is 98.2 Å². The van der Waals surface area contributed by atoms with Gasteiger partial charge in [0, 0.05) is 40.0 Å². The Labute approximate surface area is 272 Å². The minimum atomic E-state index is -0.470. The van der Waals surface area contributed by atoms with Crippen LogP contribution in [-0.4, -0.2) is 40.4 Å². The van der Waals surface area contributed by atoms with Gasteiger partial charge in [-0.3, -0.25) is 9.48 Å². The van der Waals surface area contributed by atoms with Gasteiger partial charge in [0.1, 0.15) is 11.4 Å². The number of amides is 1. The summed E-state index contributed by atoms with van der Waals surface area (Å²) in [5, 5.41) is 9.79. The summed E-state index contributed by atoms with van der Waals surface area (Å²) >= 11 is 13.2. The van der Waals surface area contributed by atoms with Crippen LogP contribution in [0.5, 0.6) is 5.75 Å². The number of hydrogen-bond donors (Lipinski definition) is 2. The molecule has 10 heteroatoms. The minimum absolute atomic E-state index is 0.335. The zero-order valence-electron chi connectivity index (χ0n) is 26.4. The number of nitrogens with one attached hydrogen (secondary N) is 2. The van der Waals surface area contributed by atoms with Gasteiger partial charge < -0.3 is 19.8 Å². The number of nitrogens with zero attached hydrogens (tertiary/aromatic N) is 2. The lowest BCUT2D eigenvalue weighted by Gasteiger charge is -2.12. The van der Waals surface area contributed by atoms with Crippen LogP contribution < -0.4 is 10.1 Å². The molecule has 2 aromatic heterocycles. The maximum atomic E-state index is 14.0. The number of rotatable bonds is 9. The fourth-order valence-electron chi connectivity index (χ4n) is 5.84. The summed E-state index contributed by atoms with van der Waals surface area (Å²) in [6.07, 6.45) is 1.20. The molecule has 0 bridgehead atoms. The summed E-state index contributed by atoms with van der Waals surface area (Å²) < 4.78 is 12.8. The second-order valence-corrected chi connectivity index (χ2v) is 12.0. The molecular formula is C35H36Cl2N4O4. The molecule has 0 unspecified atom stereocenters. The maximum absolute atomic E-state index is 14.0. The molecular weight excluding hydrogens is 611 g/mol. The monoisotopic (exact) mass is 646 g/mol. The van der Waals surface area contributed by atoms with Crippen molar-refractivity contribution in [1.29, 1.82) is 0 Å². The Kier molecular flexibility index (Phi) is 9.28. The number of benzene rings is 3. The van der Waals surface area contributed by atoms with E-state index >= 15 is 0 Å². The Balaban J connectivity index is 1.54. The molecule has 2 N–H and O–H groups in total. The number of fused-ring (bicyclic) bond motifs is 1. The van der Waals surface area contributed by atoms with Gasteiger partial charge >= 0.3 is 5.97 Å². The second kappa shape index (κ2) is 13.0. The number of anilines is 1. The van der Waals surface area contributed by atoms with Crippen LogP contribution >= 0.6 is 23.2 Å². The number of methoxy groups -OCH3 is 1. The molecule has 0 fully saturated rings. The van der Waals surface area contributed by atoms with Crippen LogP contribution in [0, 0.1) is 34.6 Å². The van der Waals surface area contributed by atoms with Gasteiger partial charge in [0.25, 0.3) is 5.91 Å². The first-order chi connectivity index (χ1) is 21.4. The average Bonchev–Trinajstić information content (AvgIpc) is 3.49. The average molecular weight is 648 g/mol. The lowest BCUT2D eigenvalue weighted by Crippen LogP contribution is -2.16. The highest BCUT2D eigenvalue weighted by Gasteiger charge is 2.25. The van der Waals surface area contributed by atoms with E-state index in [0.29, 0.717) is 47.0 Å². The largest absolute Gasteiger partial charge is 0.494 e. The number of hydrogen-bond acceptors (Lipinski definition) is 5. The molecule has 0 spiro atoms. The Bertz CT molecular complexity index is 1930. The molecule has 45 heavy (non-hydrogen) atoms. The molecule has 5 aromatic rings. The van der Waals surface area contributed by atoms with Crippen molar-refractivity contribution in [3.05, 3.63) is 97.4 Å². The molecule has 0 radical (unpaired) electrons. The molecule has 5 rings (SSSR count). The summed E-state index contributed by atoms with van der Waals surface area (Å²) in [5.41, 5.74) is 8.95. The van der Waals surface area contributed by atoms with Crippen molar-refractivity contribution in [1.82, 2.24) is 14.8 Å². The first-order valence-corrected chi connectivity index (χ1v) is 15.4. The number of aryl methyl sites for hydroxylation is 5. The van der Waals surface area contributed by atoms with Crippen molar-refractivity contribution in [2.45, 2.75) is 47.5 Å². The highest BCUT2D eigenvalue weighted by Crippen LogP contribution is 2.40. The van der Waals surface area contributed by atoms with Crippen molar-refractivity contribution in [2.75, 3.05) is 19.0 Å². The van der Waals surface area contributed by atoms with Gasteiger partial charge in [-0.15, -0.1) is 0 Å². The third kappa shape index (κ3) is 6.17. The molecule has 0 atom stereocenters. The summed E-state index contributed by atoms with van der Waals surface area (Å²) in [4.78, 5) is 29.7. The molecule has 0 aliphatic carbocycles. The molecule has 3 aromatic carbocycles. The predicted octanol–water partition coefficient (Wildman–Crippen LogP) is 8.47. The lowest BCUT2D eigenvalue weighted by molar-refractivity contribution is 0.0599. The van der Waals surface area contributed by atoms with Crippen LogP contribution in [0.2, 0.25) is 10.0 Å². The quantitative estimate of drug-likeness (QED) is 0.124. The van der Waals surface area contributed by atoms with Gasteiger partial charge in [0.2, 0.25) is 0 Å². The van der Waals surface area contributed by atoms with Gasteiger partial charge in [-0.25, -0.2) is 4.79 Å². The van der Waals surface area contributed by atoms with E-state index in [9.17, 15) is 9.59 Å². The fourth-order valence-corrected chi connectivity index (χ4v) is 6.20. The summed E-state index contributed by atoms with van der Waals surface area (Å²) in [6, 6.07) is 12.8. The van der Waals surface area contributed by atoms with Crippen molar-refractivity contribution < 1.29 is 19.1 Å². The molecule has 2 heterocycles. The number of esters is 1. The Morgan fingerprint density at radius 3 is 2.36 bits per heavy atom. The van der Waals surface area contributed by atoms with E-state index in [-0.39, 0.29) is 5.91 Å². The smallest absolute Gasteiger partial charge is 0.338 e. The number of aromatic amines is 1. The first-order valence-electron chi connectivity index (χ1n) is 14.6. The van der Waals surface area contributed by atoms with Gasteiger partial charge in [-0.2, -0.15) is 5.10 Å². The van der Waals surface area contributed by atoms with E-state index in [1.807, 2.05) is 63.7 Å². The highest BCUT2D eigenvalue weighted by atomic mass is 35.5. The van der Waals surface area contributed by atoms with Crippen LogP contribution in [0.15, 0.2) is 42.5 Å². The number of halogens is 2. The molecule has 8 nitrogen and oxygen atoms in total. The summed E-state index contributed by atoms with van der Waals surface area (Å²) in [6.45, 7) is 10.1. The first kappa shape index (κ1) is 32.1. The van der Waals surface area contributed by atoms with Gasteiger partial charge in [-0.1, -0.05) is 35.3 Å². The van der Waals surface area contributed by atoms with Gasteiger partial charge in [0.05, 0.1) is 35.5 Å². The summed E-state index contributed by atoms with van der Waals surface area (Å²) in [7, 11) is 3.23. The normalized spacial score (nSPS) is 11.2. The Morgan fingerprint density at radius 2 is 1.71 bits per heavy atom. The van der Waals surface area contributed by atoms with Crippen LogP contribution in [-0.2, 0) is 18.2 Å². The van der Waals surface area contributed by atoms with Crippen LogP contribution in [0.1, 0.15) is 60.9 Å². The Hall–Kier alpha value is -4.27. The predicted molar refractivity (Wildman–Crippen MR) is 180 cm³/mol. The van der Waals surface area contributed by atoms with E-state index in [1.54, 1.807) is 25.1 Å². The van der Waals surface area contributed by atoms with E-state index < -0.39 is 5.97 Å². The summed E-state index contributed by atoms with van der Waals surface area (Å²) in [5.74, 6) is -0.0517. The van der Waals surface area contributed by atoms with Crippen molar-refractivity contribution >= 4 is 51.7 Å². The second-order valence-electron chi connectivity index (χ2n) is 11.2. The standard InChI is InChI=1S/C35H36Cl2N4O4/c1-18-16-23(17-19(2)31(18)37)45-15-9-11-25-26-13-14-27(36)30(29-21(4)40-41(6)22(29)5)32(26)39-33(25)34(42)38-28-12-8-10-24(20(28)3)35(43)44-7/h8,10,12-14,16-17,39H,9,11,15H2,1-7H3,(H,38,42). The van der Waals surface area contributed by atoms with Crippen molar-refractivity contribution in [3.63, 3.8) is 0 Å². The molecule has 0 saturated heterocycles. The molecule has 0 aliphatic rings. The van der Waals surface area contributed by atoms with Crippen LogP contribution in [0.25, 0.3) is 22.0 Å². The molecule has 0 saturated carbocycles. The fraction of sp³-hybridized carbons (Fsp3) is 0.286. The number of ether oxygens (including phenoxy) is 2. The number of H-pyrrole nitrogens is 1. The third-order valence-electron chi connectivity index (χ3n) is 8.25.